The van der Waals surface area contributed by atoms with Gasteiger partial charge >= 0.3 is 0 Å². The summed E-state index contributed by atoms with van der Waals surface area (Å²) in [4.78, 5) is 24.1. The molecule has 0 fully saturated rings. The molecule has 1 aromatic heterocycles. The van der Waals surface area contributed by atoms with Crippen LogP contribution in [-0.4, -0.2) is 17.6 Å². The van der Waals surface area contributed by atoms with E-state index in [9.17, 15) is 9.59 Å². The molecule has 0 aliphatic carbocycles. The van der Waals surface area contributed by atoms with E-state index in [0.29, 0.717) is 18.1 Å². The molecule has 3 nitrogen and oxygen atoms in total. The maximum Gasteiger partial charge on any atom is 0.168 e. The molecule has 4 heteroatoms. The predicted octanol–water partition coefficient (Wildman–Crippen LogP) is 1.36. The van der Waals surface area contributed by atoms with Crippen molar-refractivity contribution in [3.63, 3.8) is 0 Å². The van der Waals surface area contributed by atoms with Crippen molar-refractivity contribution in [2.75, 3.05) is 0 Å². The van der Waals surface area contributed by atoms with Crippen LogP contribution < -0.4 is 0 Å². The summed E-state index contributed by atoms with van der Waals surface area (Å²) in [6, 6.07) is 2.76. The summed E-state index contributed by atoms with van der Waals surface area (Å²) in [6.07, 6.45) is 1.15. The quantitative estimate of drug-likeness (QED) is 0.496. The Hall–Kier alpha value is -1.22. The lowest BCUT2D eigenvalue weighted by atomic mass is 10.2. The van der Waals surface area contributed by atoms with Crippen molar-refractivity contribution >= 4 is 24.2 Å². The minimum Gasteiger partial charge on any atom is -0.298 e. The first-order valence-electron chi connectivity index (χ1n) is 2.84. The number of carbonyl (C=O) groups excluding carboxylic acids is 2. The Labute approximate surface area is 68.0 Å². The summed E-state index contributed by atoms with van der Waals surface area (Å²) in [5.74, 6) is 0. The summed E-state index contributed by atoms with van der Waals surface area (Å²) in [5.41, 5.74) is 0.520. The van der Waals surface area contributed by atoms with Gasteiger partial charge in [0, 0.05) is 5.56 Å². The van der Waals surface area contributed by atoms with E-state index >= 15 is 0 Å². The number of aromatic nitrogens is 1. The third kappa shape index (κ3) is 1.85. The van der Waals surface area contributed by atoms with Gasteiger partial charge in [0.05, 0.1) is 0 Å². The molecule has 0 aliphatic heterocycles. The second kappa shape index (κ2) is 3.25. The topological polar surface area (TPSA) is 47.0 Å². The van der Waals surface area contributed by atoms with Crippen LogP contribution in [0.25, 0.3) is 0 Å². The van der Waals surface area contributed by atoms with Crippen molar-refractivity contribution < 1.29 is 9.59 Å². The van der Waals surface area contributed by atoms with E-state index in [1.807, 2.05) is 0 Å². The van der Waals surface area contributed by atoms with Gasteiger partial charge < -0.3 is 0 Å². The minimum atomic E-state index is 0.150. The third-order valence-corrected chi connectivity index (χ3v) is 1.29. The fourth-order valence-electron chi connectivity index (χ4n) is 0.666. The highest BCUT2D eigenvalue weighted by molar-refractivity contribution is 6.29. The molecule has 0 radical (unpaired) electrons. The number of rotatable bonds is 2. The van der Waals surface area contributed by atoms with Gasteiger partial charge in [-0.1, -0.05) is 11.6 Å². The molecule has 0 unspecified atom stereocenters. The van der Waals surface area contributed by atoms with Crippen LogP contribution in [0.4, 0.5) is 0 Å². The molecular formula is C7H4ClNO2. The number of halogens is 1. The molecule has 0 saturated heterocycles. The fourth-order valence-corrected chi connectivity index (χ4v) is 0.890. The maximum absolute atomic E-state index is 10.2. The van der Waals surface area contributed by atoms with Crippen molar-refractivity contribution in [2.45, 2.75) is 0 Å². The van der Waals surface area contributed by atoms with E-state index in [0.717, 1.165) is 0 Å². The molecule has 0 amide bonds. The number of nitrogens with zero attached hydrogens (tertiary/aromatic N) is 1. The van der Waals surface area contributed by atoms with E-state index < -0.39 is 0 Å². The smallest absolute Gasteiger partial charge is 0.168 e. The van der Waals surface area contributed by atoms with Gasteiger partial charge in [-0.15, -0.1) is 0 Å². The molecule has 0 spiro atoms. The molecule has 1 rings (SSSR count). The van der Waals surface area contributed by atoms with Crippen molar-refractivity contribution in [1.82, 2.24) is 4.98 Å². The number of pyridine rings is 1. The predicted molar refractivity (Wildman–Crippen MR) is 40.0 cm³/mol. The zero-order chi connectivity index (χ0) is 8.27. The largest absolute Gasteiger partial charge is 0.298 e. The molecule has 0 atom stereocenters. The van der Waals surface area contributed by atoms with Crippen LogP contribution in [0.2, 0.25) is 5.15 Å². The number of carbonyl (C=O) groups is 2. The summed E-state index contributed by atoms with van der Waals surface area (Å²) in [6.45, 7) is 0. The number of aldehydes is 2. The normalized spacial score (nSPS) is 9.18. The second-order valence-electron chi connectivity index (χ2n) is 1.88. The zero-order valence-electron chi connectivity index (χ0n) is 5.45. The third-order valence-electron chi connectivity index (χ3n) is 1.09. The summed E-state index contributed by atoms with van der Waals surface area (Å²) in [7, 11) is 0. The van der Waals surface area contributed by atoms with Gasteiger partial charge in [-0.2, -0.15) is 0 Å². The SMILES string of the molecule is O=Cc1cc(Cl)nc(C=O)c1. The Kier molecular flexibility index (Phi) is 2.33. The van der Waals surface area contributed by atoms with E-state index in [-0.39, 0.29) is 10.8 Å². The summed E-state index contributed by atoms with van der Waals surface area (Å²) < 4.78 is 0. The minimum absolute atomic E-state index is 0.150. The summed E-state index contributed by atoms with van der Waals surface area (Å²) >= 11 is 5.48. The maximum atomic E-state index is 10.2. The molecule has 0 aliphatic rings. The van der Waals surface area contributed by atoms with Crippen LogP contribution in [0, 0.1) is 0 Å². The molecule has 0 N–H and O–H groups in total. The monoisotopic (exact) mass is 169 g/mol. The van der Waals surface area contributed by atoms with Gasteiger partial charge in [-0.3, -0.25) is 9.59 Å². The highest BCUT2D eigenvalue weighted by Gasteiger charge is 1.98. The zero-order valence-corrected chi connectivity index (χ0v) is 6.21. The Morgan fingerprint density at radius 3 is 2.55 bits per heavy atom. The summed E-state index contributed by atoms with van der Waals surface area (Å²) in [5, 5.41) is 0.150. The first kappa shape index (κ1) is 7.88. The van der Waals surface area contributed by atoms with Crippen LogP contribution in [-0.2, 0) is 0 Å². The first-order valence-corrected chi connectivity index (χ1v) is 3.22. The molecule has 1 heterocycles. The van der Waals surface area contributed by atoms with Gasteiger partial charge in [-0.05, 0) is 12.1 Å². The number of hydrogen-bond donors (Lipinski definition) is 0. The molecule has 0 aromatic carbocycles. The molecule has 0 saturated carbocycles. The first-order chi connectivity index (χ1) is 5.26. The van der Waals surface area contributed by atoms with Gasteiger partial charge in [-0.25, -0.2) is 4.98 Å². The average molecular weight is 170 g/mol. The van der Waals surface area contributed by atoms with Crippen LogP contribution in [0.3, 0.4) is 0 Å². The standard InChI is InChI=1S/C7H4ClNO2/c8-7-2-5(3-10)1-6(4-11)9-7/h1-4H. The van der Waals surface area contributed by atoms with Crippen molar-refractivity contribution in [2.24, 2.45) is 0 Å². The second-order valence-corrected chi connectivity index (χ2v) is 2.27. The molecule has 56 valence electrons. The molecular weight excluding hydrogens is 166 g/mol. The van der Waals surface area contributed by atoms with Crippen LogP contribution in [0.15, 0.2) is 12.1 Å². The Bertz CT molecular complexity index is 272. The highest BCUT2D eigenvalue weighted by atomic mass is 35.5. The molecule has 0 bridgehead atoms. The lowest BCUT2D eigenvalue weighted by molar-refractivity contribution is 0.111. The Morgan fingerprint density at radius 2 is 2.00 bits per heavy atom. The van der Waals surface area contributed by atoms with Crippen molar-refractivity contribution in [1.29, 1.82) is 0 Å². The van der Waals surface area contributed by atoms with Crippen molar-refractivity contribution in [3.05, 3.63) is 28.5 Å². The fraction of sp³-hybridized carbons (Fsp3) is 0. The molecule has 1 aromatic rings. The van der Waals surface area contributed by atoms with Crippen molar-refractivity contribution in [3.8, 4) is 0 Å². The van der Waals surface area contributed by atoms with E-state index in [2.05, 4.69) is 4.98 Å². The lowest BCUT2D eigenvalue weighted by Crippen LogP contribution is -1.90. The van der Waals surface area contributed by atoms with Crippen LogP contribution >= 0.6 is 11.6 Å². The number of hydrogen-bond acceptors (Lipinski definition) is 3. The van der Waals surface area contributed by atoms with Crippen LogP contribution in [0.5, 0.6) is 0 Å². The van der Waals surface area contributed by atoms with E-state index in [1.54, 1.807) is 0 Å². The highest BCUT2D eigenvalue weighted by Crippen LogP contribution is 2.07. The van der Waals surface area contributed by atoms with Gasteiger partial charge in [0.2, 0.25) is 0 Å². The molecule has 11 heavy (non-hydrogen) atoms. The average Bonchev–Trinajstić information content (AvgIpc) is 2.03. The van der Waals surface area contributed by atoms with Crippen LogP contribution in [0.1, 0.15) is 20.8 Å². The Morgan fingerprint density at radius 1 is 1.27 bits per heavy atom. The van der Waals surface area contributed by atoms with Gasteiger partial charge in [0.1, 0.15) is 17.1 Å². The van der Waals surface area contributed by atoms with Gasteiger partial charge in [0.25, 0.3) is 0 Å². The van der Waals surface area contributed by atoms with E-state index in [1.165, 1.54) is 12.1 Å². The Balaban J connectivity index is 3.21. The van der Waals surface area contributed by atoms with E-state index in [4.69, 9.17) is 11.6 Å². The van der Waals surface area contributed by atoms with Gasteiger partial charge in [0.15, 0.2) is 6.29 Å². The lowest BCUT2D eigenvalue weighted by Gasteiger charge is -1.92.